The molecule has 84 valence electrons. The molecule has 0 bridgehead atoms. The highest BCUT2D eigenvalue weighted by Gasteiger charge is 2.03. The molecule has 0 spiro atoms. The van der Waals surface area contributed by atoms with Crippen molar-refractivity contribution in [1.82, 2.24) is 4.98 Å². The number of thioether (sulfide) groups is 1. The van der Waals surface area contributed by atoms with Crippen molar-refractivity contribution < 1.29 is 0 Å². The minimum absolute atomic E-state index is 0.820. The number of nitrogens with zero attached hydrogens (tertiary/aromatic N) is 1. The van der Waals surface area contributed by atoms with E-state index in [1.54, 1.807) is 23.1 Å². The Hall–Kier alpha value is -0.520. The zero-order valence-corrected chi connectivity index (χ0v) is 12.0. The van der Waals surface area contributed by atoms with Crippen LogP contribution in [0.15, 0.2) is 32.9 Å². The van der Waals surface area contributed by atoms with Crippen LogP contribution in [0, 0.1) is 6.92 Å². The van der Waals surface area contributed by atoms with Gasteiger partial charge in [0.15, 0.2) is 0 Å². The lowest BCUT2D eigenvalue weighted by Crippen LogP contribution is -1.89. The SMILES string of the molecule is Cc1nc(CSc2cc(Br)ccc2N)cs1. The zero-order valence-electron chi connectivity index (χ0n) is 8.74. The fourth-order valence-electron chi connectivity index (χ4n) is 1.26. The van der Waals surface area contributed by atoms with Gasteiger partial charge in [-0.2, -0.15) is 0 Å². The van der Waals surface area contributed by atoms with E-state index >= 15 is 0 Å². The van der Waals surface area contributed by atoms with E-state index in [0.717, 1.165) is 31.5 Å². The van der Waals surface area contributed by atoms with Crippen molar-refractivity contribution in [2.75, 3.05) is 5.73 Å². The Balaban J connectivity index is 2.07. The van der Waals surface area contributed by atoms with Crippen LogP contribution in [0.1, 0.15) is 10.7 Å². The van der Waals surface area contributed by atoms with Gasteiger partial charge in [0.2, 0.25) is 0 Å². The molecular formula is C11H11BrN2S2. The van der Waals surface area contributed by atoms with Gasteiger partial charge in [0.05, 0.1) is 10.7 Å². The molecule has 2 N–H and O–H groups in total. The number of hydrogen-bond donors (Lipinski definition) is 1. The van der Waals surface area contributed by atoms with Crippen molar-refractivity contribution in [3.05, 3.63) is 38.8 Å². The van der Waals surface area contributed by atoms with Gasteiger partial charge in [-0.3, -0.25) is 0 Å². The maximum absolute atomic E-state index is 5.90. The van der Waals surface area contributed by atoms with Gasteiger partial charge in [-0.25, -0.2) is 4.98 Å². The van der Waals surface area contributed by atoms with E-state index in [2.05, 4.69) is 26.3 Å². The van der Waals surface area contributed by atoms with E-state index in [0.29, 0.717) is 0 Å². The minimum atomic E-state index is 0.820. The van der Waals surface area contributed by atoms with Crippen molar-refractivity contribution in [3.8, 4) is 0 Å². The number of hydrogen-bond acceptors (Lipinski definition) is 4. The van der Waals surface area contributed by atoms with Gasteiger partial charge in [-0.1, -0.05) is 15.9 Å². The first-order valence-electron chi connectivity index (χ1n) is 4.74. The van der Waals surface area contributed by atoms with Crippen molar-refractivity contribution >= 4 is 44.7 Å². The fraction of sp³-hybridized carbons (Fsp3) is 0.182. The van der Waals surface area contributed by atoms with Crippen LogP contribution in [0.3, 0.4) is 0 Å². The predicted molar refractivity (Wildman–Crippen MR) is 75.0 cm³/mol. The molecule has 2 nitrogen and oxygen atoms in total. The summed E-state index contributed by atoms with van der Waals surface area (Å²) in [5, 5.41) is 3.20. The monoisotopic (exact) mass is 314 g/mol. The molecule has 1 aromatic carbocycles. The molecule has 0 fully saturated rings. The Kier molecular flexibility index (Phi) is 3.89. The number of aryl methyl sites for hydroxylation is 1. The average molecular weight is 315 g/mol. The average Bonchev–Trinajstić information content (AvgIpc) is 2.66. The first kappa shape index (κ1) is 12.0. The summed E-state index contributed by atoms with van der Waals surface area (Å²) >= 11 is 6.84. The summed E-state index contributed by atoms with van der Waals surface area (Å²) in [7, 11) is 0. The minimum Gasteiger partial charge on any atom is -0.398 e. The first-order chi connectivity index (χ1) is 7.65. The highest BCUT2D eigenvalue weighted by Crippen LogP contribution is 2.30. The lowest BCUT2D eigenvalue weighted by Gasteiger charge is -2.04. The standard InChI is InChI=1S/C11H11BrN2S2/c1-7-14-9(5-15-7)6-16-11-4-8(12)2-3-10(11)13/h2-5H,6,13H2,1H3. The van der Waals surface area contributed by atoms with Gasteiger partial charge >= 0.3 is 0 Å². The molecule has 0 unspecified atom stereocenters. The number of rotatable bonds is 3. The van der Waals surface area contributed by atoms with Crippen molar-refractivity contribution in [2.24, 2.45) is 0 Å². The summed E-state index contributed by atoms with van der Waals surface area (Å²) < 4.78 is 1.05. The number of anilines is 1. The van der Waals surface area contributed by atoms with Crippen LogP contribution in [0.2, 0.25) is 0 Å². The van der Waals surface area contributed by atoms with E-state index in [9.17, 15) is 0 Å². The van der Waals surface area contributed by atoms with Gasteiger partial charge in [0.25, 0.3) is 0 Å². The molecule has 5 heteroatoms. The van der Waals surface area contributed by atoms with Crippen LogP contribution < -0.4 is 5.73 Å². The molecule has 0 aliphatic rings. The summed E-state index contributed by atoms with van der Waals surface area (Å²) in [6.07, 6.45) is 0. The number of halogens is 1. The lowest BCUT2D eigenvalue weighted by atomic mass is 10.3. The van der Waals surface area contributed by atoms with Crippen LogP contribution in [-0.4, -0.2) is 4.98 Å². The largest absolute Gasteiger partial charge is 0.398 e. The number of thiazole rings is 1. The number of nitrogen functional groups attached to an aromatic ring is 1. The Morgan fingerprint density at radius 3 is 3.00 bits per heavy atom. The van der Waals surface area contributed by atoms with Gasteiger partial charge in [0, 0.05) is 26.2 Å². The molecule has 0 aliphatic heterocycles. The van der Waals surface area contributed by atoms with Crippen molar-refractivity contribution in [1.29, 1.82) is 0 Å². The Morgan fingerprint density at radius 2 is 2.31 bits per heavy atom. The smallest absolute Gasteiger partial charge is 0.0897 e. The highest BCUT2D eigenvalue weighted by atomic mass is 79.9. The normalized spacial score (nSPS) is 10.6. The molecule has 1 heterocycles. The summed E-state index contributed by atoms with van der Waals surface area (Å²) in [4.78, 5) is 5.52. The van der Waals surface area contributed by atoms with Crippen LogP contribution in [0.4, 0.5) is 5.69 Å². The molecule has 16 heavy (non-hydrogen) atoms. The van der Waals surface area contributed by atoms with E-state index in [1.807, 2.05) is 25.1 Å². The third-order valence-corrected chi connectivity index (χ3v) is 4.44. The van der Waals surface area contributed by atoms with Gasteiger partial charge in [-0.05, 0) is 25.1 Å². The molecule has 0 amide bonds. The Labute approximate surface area is 111 Å². The van der Waals surface area contributed by atoms with Crippen LogP contribution in [0.5, 0.6) is 0 Å². The number of aromatic nitrogens is 1. The molecule has 0 radical (unpaired) electrons. The maximum atomic E-state index is 5.90. The molecule has 1 aromatic heterocycles. The van der Waals surface area contributed by atoms with Gasteiger partial charge < -0.3 is 5.73 Å². The fourth-order valence-corrected chi connectivity index (χ4v) is 3.39. The molecule has 2 rings (SSSR count). The highest BCUT2D eigenvalue weighted by molar-refractivity contribution is 9.10. The van der Waals surface area contributed by atoms with Crippen LogP contribution in [0.25, 0.3) is 0 Å². The second-order valence-electron chi connectivity index (χ2n) is 3.33. The Morgan fingerprint density at radius 1 is 1.50 bits per heavy atom. The number of nitrogens with two attached hydrogens (primary N) is 1. The third-order valence-electron chi connectivity index (χ3n) is 2.02. The second-order valence-corrected chi connectivity index (χ2v) is 6.32. The van der Waals surface area contributed by atoms with Crippen molar-refractivity contribution in [3.63, 3.8) is 0 Å². The first-order valence-corrected chi connectivity index (χ1v) is 7.40. The summed E-state index contributed by atoms with van der Waals surface area (Å²) in [5.41, 5.74) is 7.84. The molecular weight excluding hydrogens is 304 g/mol. The zero-order chi connectivity index (χ0) is 11.5. The number of benzene rings is 1. The van der Waals surface area contributed by atoms with E-state index in [4.69, 9.17) is 5.73 Å². The van der Waals surface area contributed by atoms with Crippen LogP contribution in [-0.2, 0) is 5.75 Å². The molecule has 0 saturated heterocycles. The second kappa shape index (κ2) is 5.21. The van der Waals surface area contributed by atoms with E-state index < -0.39 is 0 Å². The maximum Gasteiger partial charge on any atom is 0.0897 e. The molecule has 0 atom stereocenters. The van der Waals surface area contributed by atoms with Crippen LogP contribution >= 0.6 is 39.0 Å². The van der Waals surface area contributed by atoms with E-state index in [1.165, 1.54) is 0 Å². The molecule has 0 saturated carbocycles. The summed E-state index contributed by atoms with van der Waals surface area (Å²) in [6, 6.07) is 5.91. The topological polar surface area (TPSA) is 38.9 Å². The van der Waals surface area contributed by atoms with Gasteiger partial charge in [0.1, 0.15) is 0 Å². The molecule has 2 aromatic rings. The van der Waals surface area contributed by atoms with E-state index in [-0.39, 0.29) is 0 Å². The quantitative estimate of drug-likeness (QED) is 0.685. The lowest BCUT2D eigenvalue weighted by molar-refractivity contribution is 1.18. The summed E-state index contributed by atoms with van der Waals surface area (Å²) in [6.45, 7) is 2.02. The molecule has 0 aliphatic carbocycles. The summed E-state index contributed by atoms with van der Waals surface area (Å²) in [5.74, 6) is 0.866. The third kappa shape index (κ3) is 2.99. The van der Waals surface area contributed by atoms with Gasteiger partial charge in [-0.15, -0.1) is 23.1 Å². The predicted octanol–water partition coefficient (Wildman–Crippen LogP) is 4.09. The van der Waals surface area contributed by atoms with Crippen molar-refractivity contribution in [2.45, 2.75) is 17.6 Å². The Bertz CT molecular complexity index is 496.